The highest BCUT2D eigenvalue weighted by Crippen LogP contribution is 2.31. The third-order valence-corrected chi connectivity index (χ3v) is 8.17. The number of urea groups is 1. The number of unbranched alkanes of at least 4 members (excludes halogenated alkanes) is 1. The van der Waals surface area contributed by atoms with Gasteiger partial charge < -0.3 is 15.1 Å². The minimum Gasteiger partial charge on any atom is -0.337 e. The van der Waals surface area contributed by atoms with E-state index >= 15 is 0 Å². The van der Waals surface area contributed by atoms with E-state index in [9.17, 15) is 14.4 Å². The molecule has 9 heteroatoms. The van der Waals surface area contributed by atoms with Gasteiger partial charge in [-0.3, -0.25) is 9.59 Å². The molecule has 0 bridgehead atoms. The number of amides is 4. The number of benzene rings is 1. The van der Waals surface area contributed by atoms with Crippen LogP contribution in [0.25, 0.3) is 0 Å². The first-order valence-electron chi connectivity index (χ1n) is 12.8. The molecular formula is C26H37N5O3S. The summed E-state index contributed by atoms with van der Waals surface area (Å²) in [6, 6.07) is 9.03. The monoisotopic (exact) mass is 499 g/mol. The van der Waals surface area contributed by atoms with Crippen LogP contribution in [0.5, 0.6) is 0 Å². The number of fused-ring (bicyclic) bond motifs is 1. The van der Waals surface area contributed by atoms with Crippen molar-refractivity contribution in [1.82, 2.24) is 25.1 Å². The van der Waals surface area contributed by atoms with Gasteiger partial charge in [-0.2, -0.15) is 0 Å². The molecule has 8 nitrogen and oxygen atoms in total. The van der Waals surface area contributed by atoms with Gasteiger partial charge in [-0.1, -0.05) is 63.1 Å². The van der Waals surface area contributed by atoms with Crippen LogP contribution in [-0.4, -0.2) is 81.3 Å². The van der Waals surface area contributed by atoms with E-state index in [4.69, 9.17) is 0 Å². The van der Waals surface area contributed by atoms with Crippen LogP contribution in [0.2, 0.25) is 0 Å². The first-order valence-corrected chi connectivity index (χ1v) is 13.7. The van der Waals surface area contributed by atoms with Gasteiger partial charge in [-0.15, -0.1) is 11.8 Å². The first kappa shape index (κ1) is 25.6. The minimum absolute atomic E-state index is 0.0219. The maximum atomic E-state index is 13.6. The molecule has 0 radical (unpaired) electrons. The predicted molar refractivity (Wildman–Crippen MR) is 138 cm³/mol. The molecule has 1 aromatic carbocycles. The van der Waals surface area contributed by atoms with Crippen LogP contribution in [0, 0.1) is 0 Å². The zero-order chi connectivity index (χ0) is 24.8. The zero-order valence-electron chi connectivity index (χ0n) is 20.8. The van der Waals surface area contributed by atoms with E-state index in [0.717, 1.165) is 31.2 Å². The quantitative estimate of drug-likeness (QED) is 0.564. The van der Waals surface area contributed by atoms with Crippen molar-refractivity contribution in [2.45, 2.75) is 70.0 Å². The normalized spacial score (nSPS) is 24.7. The van der Waals surface area contributed by atoms with E-state index in [0.29, 0.717) is 37.8 Å². The van der Waals surface area contributed by atoms with Crippen LogP contribution in [0.4, 0.5) is 4.79 Å². The average Bonchev–Trinajstić information content (AvgIpc) is 3.40. The smallest absolute Gasteiger partial charge is 0.334 e. The number of allylic oxidation sites excluding steroid dienone is 1. The Labute approximate surface area is 212 Å². The van der Waals surface area contributed by atoms with Crippen molar-refractivity contribution in [2.24, 2.45) is 0 Å². The van der Waals surface area contributed by atoms with Crippen LogP contribution in [-0.2, 0) is 16.1 Å². The van der Waals surface area contributed by atoms with Gasteiger partial charge in [0.2, 0.25) is 11.8 Å². The van der Waals surface area contributed by atoms with Crippen molar-refractivity contribution < 1.29 is 14.4 Å². The van der Waals surface area contributed by atoms with Gasteiger partial charge in [0.25, 0.3) is 0 Å². The molecule has 1 N–H and O–H groups in total. The van der Waals surface area contributed by atoms with Gasteiger partial charge >= 0.3 is 6.03 Å². The zero-order valence-corrected chi connectivity index (χ0v) is 21.6. The number of carbonyl (C=O) groups excluding carboxylic acids is 3. The summed E-state index contributed by atoms with van der Waals surface area (Å²) < 4.78 is 0. The number of thioether (sulfide) groups is 1. The Bertz CT molecular complexity index is 919. The highest BCUT2D eigenvalue weighted by molar-refractivity contribution is 8.03. The molecule has 2 saturated heterocycles. The van der Waals surface area contributed by atoms with E-state index < -0.39 is 12.2 Å². The molecule has 3 heterocycles. The van der Waals surface area contributed by atoms with Gasteiger partial charge in [0.1, 0.15) is 12.2 Å². The van der Waals surface area contributed by atoms with E-state index in [1.165, 1.54) is 0 Å². The highest BCUT2D eigenvalue weighted by atomic mass is 32.2. The van der Waals surface area contributed by atoms with Gasteiger partial charge in [0.15, 0.2) is 0 Å². The first-order chi connectivity index (χ1) is 17.0. The number of nitrogens with zero attached hydrogens (tertiary/aromatic N) is 4. The molecule has 2 fully saturated rings. The van der Waals surface area contributed by atoms with Crippen molar-refractivity contribution in [1.29, 1.82) is 0 Å². The molecule has 190 valence electrons. The molecule has 0 spiro atoms. The summed E-state index contributed by atoms with van der Waals surface area (Å²) in [5.74, 6) is -0.0535. The lowest BCUT2D eigenvalue weighted by atomic mass is 10.0. The predicted octanol–water partition coefficient (Wildman–Crippen LogP) is 3.41. The van der Waals surface area contributed by atoms with Crippen LogP contribution < -0.4 is 5.32 Å². The second kappa shape index (κ2) is 11.9. The third-order valence-electron chi connectivity index (χ3n) is 7.01. The molecule has 4 rings (SSSR count). The van der Waals surface area contributed by atoms with Gasteiger partial charge in [-0.25, -0.2) is 14.8 Å². The maximum absolute atomic E-state index is 13.6. The summed E-state index contributed by atoms with van der Waals surface area (Å²) in [5.41, 5.74) is 1.01. The van der Waals surface area contributed by atoms with Crippen LogP contribution in [0.3, 0.4) is 0 Å². The fraction of sp³-hybridized carbons (Fsp3) is 0.577. The largest absolute Gasteiger partial charge is 0.337 e. The van der Waals surface area contributed by atoms with Crippen molar-refractivity contribution in [2.75, 3.05) is 26.2 Å². The summed E-state index contributed by atoms with van der Waals surface area (Å²) in [5, 5.41) is 9.15. The molecule has 3 aliphatic rings. The molecule has 3 atom stereocenters. The third kappa shape index (κ3) is 5.83. The molecule has 1 aromatic rings. The number of hydrazine groups is 1. The SMILES string of the molecule is CCCC[C@H]1C(=O)N(CCC2CC=CS2)C[C@H]2N1C(=O)CN(CC)N2C(=O)NCc1ccccc1. The molecule has 35 heavy (non-hydrogen) atoms. The topological polar surface area (TPSA) is 76.2 Å². The summed E-state index contributed by atoms with van der Waals surface area (Å²) in [6.45, 7) is 6.07. The van der Waals surface area contributed by atoms with Crippen LogP contribution in [0.1, 0.15) is 51.5 Å². The minimum atomic E-state index is -0.515. The second-order valence-electron chi connectivity index (χ2n) is 9.35. The standard InChI is InChI=1S/C26H37N5O3S/c1-3-5-13-22-25(33)28(15-14-21-12-9-16-35-21)18-23-30(22)24(32)19-29(4-2)31(23)26(34)27-17-20-10-7-6-8-11-20/h6-11,16,21-23H,3-5,12-15,17-19H2,1-2H3,(H,27,34)/t21?,22-,23-/m0/s1. The maximum Gasteiger partial charge on any atom is 0.334 e. The van der Waals surface area contributed by atoms with Crippen molar-refractivity contribution >= 4 is 29.6 Å². The Hall–Kier alpha value is -2.52. The lowest BCUT2D eigenvalue weighted by Gasteiger charge is -2.55. The van der Waals surface area contributed by atoms with E-state index in [-0.39, 0.29) is 24.4 Å². The number of rotatable bonds is 9. The molecule has 1 unspecified atom stereocenters. The average molecular weight is 500 g/mol. The second-order valence-corrected chi connectivity index (χ2v) is 10.6. The summed E-state index contributed by atoms with van der Waals surface area (Å²) in [7, 11) is 0. The van der Waals surface area contributed by atoms with Crippen molar-refractivity contribution in [3.63, 3.8) is 0 Å². The summed E-state index contributed by atoms with van der Waals surface area (Å²) in [6.07, 6.45) is 6.04. The van der Waals surface area contributed by atoms with Crippen molar-refractivity contribution in [3.05, 3.63) is 47.4 Å². The molecule has 0 aliphatic carbocycles. The Morgan fingerprint density at radius 3 is 2.63 bits per heavy atom. The van der Waals surface area contributed by atoms with Crippen molar-refractivity contribution in [3.8, 4) is 0 Å². The lowest BCUT2D eigenvalue weighted by molar-refractivity contribution is -0.190. The Morgan fingerprint density at radius 2 is 1.94 bits per heavy atom. The number of nitrogens with one attached hydrogen (secondary N) is 1. The highest BCUT2D eigenvalue weighted by Gasteiger charge is 2.50. The summed E-state index contributed by atoms with van der Waals surface area (Å²) >= 11 is 1.82. The number of hydrogen-bond donors (Lipinski definition) is 1. The molecule has 0 saturated carbocycles. The molecule has 3 aliphatic heterocycles. The van der Waals surface area contributed by atoms with Crippen LogP contribution >= 0.6 is 11.8 Å². The molecule has 0 aromatic heterocycles. The molecule has 4 amide bonds. The fourth-order valence-electron chi connectivity index (χ4n) is 5.11. The van der Waals surface area contributed by atoms with Gasteiger partial charge in [0, 0.05) is 24.9 Å². The Morgan fingerprint density at radius 1 is 1.14 bits per heavy atom. The van der Waals surface area contributed by atoms with E-state index in [1.54, 1.807) is 9.91 Å². The fourth-order valence-corrected chi connectivity index (χ4v) is 6.02. The number of hydrogen-bond acceptors (Lipinski definition) is 5. The van der Waals surface area contributed by atoms with E-state index in [1.807, 2.05) is 58.9 Å². The van der Waals surface area contributed by atoms with Gasteiger partial charge in [0.05, 0.1) is 13.1 Å². The summed E-state index contributed by atoms with van der Waals surface area (Å²) in [4.78, 5) is 43.9. The lowest BCUT2D eigenvalue weighted by Crippen LogP contribution is -2.76. The number of piperazine rings is 1. The van der Waals surface area contributed by atoms with E-state index in [2.05, 4.69) is 23.7 Å². The van der Waals surface area contributed by atoms with Crippen LogP contribution in [0.15, 0.2) is 41.8 Å². The number of carbonyl (C=O) groups is 3. The van der Waals surface area contributed by atoms with Gasteiger partial charge in [-0.05, 0) is 30.2 Å². The Balaban J connectivity index is 1.55. The molecular weight excluding hydrogens is 462 g/mol. The Kier molecular flexibility index (Phi) is 8.73. The number of likely N-dealkylation sites (N-methyl/N-ethyl adjacent to an activating group) is 1.